The Kier molecular flexibility index (Phi) is 6.08. The lowest BCUT2D eigenvalue weighted by molar-refractivity contribution is -0.115. The number of H-pyrrole nitrogens is 1. The second kappa shape index (κ2) is 8.95. The van der Waals surface area contributed by atoms with Gasteiger partial charge in [-0.2, -0.15) is 0 Å². The summed E-state index contributed by atoms with van der Waals surface area (Å²) in [5, 5.41) is 10.8. The third-order valence-corrected chi connectivity index (χ3v) is 5.07. The van der Waals surface area contributed by atoms with Gasteiger partial charge in [-0.15, -0.1) is 5.10 Å². The van der Waals surface area contributed by atoms with Crippen LogP contribution in [0.3, 0.4) is 0 Å². The molecule has 0 bridgehead atoms. The molecule has 166 valence electrons. The van der Waals surface area contributed by atoms with Crippen molar-refractivity contribution >= 4 is 50.1 Å². The average Bonchev–Trinajstić information content (AvgIpc) is 3.33. The highest BCUT2D eigenvalue weighted by Gasteiger charge is 2.18. The van der Waals surface area contributed by atoms with E-state index >= 15 is 0 Å². The van der Waals surface area contributed by atoms with E-state index in [-0.39, 0.29) is 22.4 Å². The summed E-state index contributed by atoms with van der Waals surface area (Å²) < 4.78 is 21.8. The van der Waals surface area contributed by atoms with Crippen molar-refractivity contribution in [3.63, 3.8) is 0 Å². The zero-order chi connectivity index (χ0) is 22.8. The lowest BCUT2D eigenvalue weighted by Gasteiger charge is -2.09. The number of nitrogens with zero attached hydrogens (tertiary/aromatic N) is 4. The SMILES string of the molecule is CCOc1nn(C)cc1Nc1ncc(F)c(-c2c[nH]c3c(NC(=O)[C@H](C)Br)cccc23)n1. The van der Waals surface area contributed by atoms with Gasteiger partial charge in [0.15, 0.2) is 5.82 Å². The van der Waals surface area contributed by atoms with Gasteiger partial charge in [0.1, 0.15) is 11.4 Å². The van der Waals surface area contributed by atoms with Crippen molar-refractivity contribution in [1.82, 2.24) is 24.7 Å². The second-order valence-corrected chi connectivity index (χ2v) is 8.38. The summed E-state index contributed by atoms with van der Waals surface area (Å²) in [6.07, 6.45) is 4.49. The molecule has 1 aromatic carbocycles. The molecule has 0 saturated carbocycles. The van der Waals surface area contributed by atoms with E-state index in [0.29, 0.717) is 40.3 Å². The van der Waals surface area contributed by atoms with Crippen LogP contribution in [0.25, 0.3) is 22.2 Å². The predicted octanol–water partition coefficient (Wildman–Crippen LogP) is 4.36. The average molecular weight is 502 g/mol. The third kappa shape index (κ3) is 4.28. The predicted molar refractivity (Wildman–Crippen MR) is 124 cm³/mol. The number of hydrogen-bond donors (Lipinski definition) is 3. The minimum absolute atomic E-state index is 0.118. The number of para-hydroxylation sites is 1. The molecule has 4 aromatic rings. The van der Waals surface area contributed by atoms with Crippen molar-refractivity contribution in [3.05, 3.63) is 42.6 Å². The molecule has 9 nitrogen and oxygen atoms in total. The first kappa shape index (κ1) is 21.8. The van der Waals surface area contributed by atoms with Crippen LogP contribution in [0, 0.1) is 5.82 Å². The first-order chi connectivity index (χ1) is 15.4. The molecule has 0 fully saturated rings. The van der Waals surface area contributed by atoms with Crippen LogP contribution in [-0.2, 0) is 11.8 Å². The minimum Gasteiger partial charge on any atom is -0.475 e. The Balaban J connectivity index is 1.71. The fraction of sp³-hybridized carbons (Fsp3) is 0.238. The Labute approximate surface area is 191 Å². The molecule has 0 saturated heterocycles. The number of halogens is 2. The van der Waals surface area contributed by atoms with Crippen molar-refractivity contribution in [2.24, 2.45) is 7.05 Å². The van der Waals surface area contributed by atoms with E-state index in [4.69, 9.17) is 4.74 Å². The largest absolute Gasteiger partial charge is 0.475 e. The Hall–Kier alpha value is -3.47. The quantitative estimate of drug-likeness (QED) is 0.324. The first-order valence-corrected chi connectivity index (χ1v) is 10.8. The highest BCUT2D eigenvalue weighted by molar-refractivity contribution is 9.10. The molecular weight excluding hydrogens is 481 g/mol. The van der Waals surface area contributed by atoms with Crippen LogP contribution in [0.2, 0.25) is 0 Å². The summed E-state index contributed by atoms with van der Waals surface area (Å²) in [5.74, 6) is -0.161. The summed E-state index contributed by atoms with van der Waals surface area (Å²) in [5.41, 5.74) is 2.49. The van der Waals surface area contributed by atoms with E-state index in [1.807, 2.05) is 13.0 Å². The maximum Gasteiger partial charge on any atom is 0.256 e. The summed E-state index contributed by atoms with van der Waals surface area (Å²) >= 11 is 3.25. The van der Waals surface area contributed by atoms with Gasteiger partial charge in [0, 0.05) is 24.2 Å². The third-order valence-electron chi connectivity index (χ3n) is 4.66. The number of nitrogens with one attached hydrogen (secondary N) is 3. The molecule has 0 aliphatic rings. The molecule has 11 heteroatoms. The molecule has 32 heavy (non-hydrogen) atoms. The van der Waals surface area contributed by atoms with Crippen LogP contribution >= 0.6 is 15.9 Å². The normalized spacial score (nSPS) is 12.0. The second-order valence-electron chi connectivity index (χ2n) is 7.01. The topological polar surface area (TPSA) is 110 Å². The van der Waals surface area contributed by atoms with Crippen LogP contribution in [0.1, 0.15) is 13.8 Å². The van der Waals surface area contributed by atoms with E-state index < -0.39 is 5.82 Å². The van der Waals surface area contributed by atoms with Crippen molar-refractivity contribution in [2.45, 2.75) is 18.7 Å². The van der Waals surface area contributed by atoms with Gasteiger partial charge in [0.25, 0.3) is 5.88 Å². The number of amides is 1. The fourth-order valence-corrected chi connectivity index (χ4v) is 3.33. The molecule has 0 radical (unpaired) electrons. The number of hydrogen-bond acceptors (Lipinski definition) is 6. The number of rotatable bonds is 7. The van der Waals surface area contributed by atoms with Gasteiger partial charge in [0.05, 0.1) is 35.0 Å². The number of alkyl halides is 1. The summed E-state index contributed by atoms with van der Waals surface area (Å²) in [7, 11) is 1.77. The maximum atomic E-state index is 14.7. The lowest BCUT2D eigenvalue weighted by Crippen LogP contribution is -2.19. The Bertz CT molecular complexity index is 1280. The molecule has 4 rings (SSSR count). The zero-order valence-electron chi connectivity index (χ0n) is 17.6. The number of anilines is 3. The Morgan fingerprint density at radius 2 is 2.19 bits per heavy atom. The number of aromatic amines is 1. The van der Waals surface area contributed by atoms with Crippen molar-refractivity contribution in [1.29, 1.82) is 0 Å². The number of benzene rings is 1. The highest BCUT2D eigenvalue weighted by atomic mass is 79.9. The standard InChI is InChI=1S/C21H21BrFN7O2/c1-4-32-20-16(10-30(3)29-20)27-21-25-9-14(23)17(28-21)13-8-24-18-12(13)6-5-7-15(18)26-19(31)11(2)22/h5-11,24H,4H2,1-3H3,(H,26,31)(H,25,27,28)/t11-/m0/s1. The van der Waals surface area contributed by atoms with Gasteiger partial charge >= 0.3 is 0 Å². The Morgan fingerprint density at radius 1 is 1.38 bits per heavy atom. The monoisotopic (exact) mass is 501 g/mol. The first-order valence-electron chi connectivity index (χ1n) is 9.88. The lowest BCUT2D eigenvalue weighted by atomic mass is 10.1. The van der Waals surface area contributed by atoms with Gasteiger partial charge in [-0.3, -0.25) is 9.48 Å². The molecule has 0 spiro atoms. The van der Waals surface area contributed by atoms with Crippen LogP contribution in [0.4, 0.5) is 21.7 Å². The molecule has 3 aromatic heterocycles. The van der Waals surface area contributed by atoms with Crippen LogP contribution in [0.5, 0.6) is 5.88 Å². The smallest absolute Gasteiger partial charge is 0.256 e. The zero-order valence-corrected chi connectivity index (χ0v) is 19.2. The van der Waals surface area contributed by atoms with E-state index in [2.05, 4.69) is 46.6 Å². The molecule has 3 N–H and O–H groups in total. The molecule has 3 heterocycles. The number of aryl methyl sites for hydroxylation is 1. The highest BCUT2D eigenvalue weighted by Crippen LogP contribution is 2.34. The minimum atomic E-state index is -0.573. The van der Waals surface area contributed by atoms with E-state index in [1.165, 1.54) is 0 Å². The van der Waals surface area contributed by atoms with Crippen LogP contribution in [-0.4, -0.2) is 42.1 Å². The Morgan fingerprint density at radius 3 is 2.94 bits per heavy atom. The fourth-order valence-electron chi connectivity index (χ4n) is 3.22. The summed E-state index contributed by atoms with van der Waals surface area (Å²) in [6.45, 7) is 4.04. The molecule has 1 amide bonds. The van der Waals surface area contributed by atoms with Gasteiger partial charge in [-0.1, -0.05) is 28.1 Å². The molecule has 1 atom stereocenters. The van der Waals surface area contributed by atoms with Crippen LogP contribution < -0.4 is 15.4 Å². The molecule has 0 aliphatic carbocycles. The number of fused-ring (bicyclic) bond motifs is 1. The van der Waals surface area contributed by atoms with E-state index in [1.54, 1.807) is 43.2 Å². The molecule has 0 aliphatic heterocycles. The number of carbonyl (C=O) groups is 1. The summed E-state index contributed by atoms with van der Waals surface area (Å²) in [6, 6.07) is 5.39. The number of carbonyl (C=O) groups excluding carboxylic acids is 1. The van der Waals surface area contributed by atoms with Crippen molar-refractivity contribution in [3.8, 4) is 17.1 Å². The van der Waals surface area contributed by atoms with Crippen molar-refractivity contribution < 1.29 is 13.9 Å². The van der Waals surface area contributed by atoms with E-state index in [0.717, 1.165) is 6.20 Å². The molecular formula is C21H21BrFN7O2. The van der Waals surface area contributed by atoms with Crippen molar-refractivity contribution in [2.75, 3.05) is 17.2 Å². The van der Waals surface area contributed by atoms with Gasteiger partial charge < -0.3 is 20.4 Å². The molecule has 0 unspecified atom stereocenters. The van der Waals surface area contributed by atoms with Gasteiger partial charge in [-0.05, 0) is 19.9 Å². The maximum absolute atomic E-state index is 14.7. The number of aromatic nitrogens is 5. The van der Waals surface area contributed by atoms with Gasteiger partial charge in [-0.25, -0.2) is 14.4 Å². The van der Waals surface area contributed by atoms with E-state index in [9.17, 15) is 9.18 Å². The summed E-state index contributed by atoms with van der Waals surface area (Å²) in [4.78, 5) is 23.3. The number of ether oxygens (including phenoxy) is 1. The van der Waals surface area contributed by atoms with Crippen LogP contribution in [0.15, 0.2) is 36.8 Å². The van der Waals surface area contributed by atoms with Gasteiger partial charge in [0.2, 0.25) is 11.9 Å².